The molecule has 0 aliphatic heterocycles. The van der Waals surface area contributed by atoms with Crippen molar-refractivity contribution in [1.29, 1.82) is 0 Å². The average Bonchev–Trinajstić information content (AvgIpc) is 3.23. The lowest BCUT2D eigenvalue weighted by atomic mass is 10.1. The minimum atomic E-state index is 0. The summed E-state index contributed by atoms with van der Waals surface area (Å²) in [5, 5.41) is 6.94. The number of hydrogen-bond acceptors (Lipinski definition) is 3. The predicted molar refractivity (Wildman–Crippen MR) is 129 cm³/mol. The summed E-state index contributed by atoms with van der Waals surface area (Å²) in [6, 6.07) is 8.72. The van der Waals surface area contributed by atoms with Crippen molar-refractivity contribution in [2.24, 2.45) is 4.99 Å². The SMILES string of the molecule is CCN(CC)CCCC(C)NC(=NC)NCc1ccccc1-n1ccnc1.I. The van der Waals surface area contributed by atoms with Crippen molar-refractivity contribution in [2.45, 2.75) is 46.2 Å². The van der Waals surface area contributed by atoms with Crippen LogP contribution < -0.4 is 10.6 Å². The first-order chi connectivity index (χ1) is 13.2. The number of aromatic nitrogens is 2. The molecule has 2 rings (SSSR count). The van der Waals surface area contributed by atoms with Crippen molar-refractivity contribution in [3.05, 3.63) is 48.5 Å². The summed E-state index contributed by atoms with van der Waals surface area (Å²) in [5.74, 6) is 0.839. The third-order valence-corrected chi connectivity index (χ3v) is 4.83. The van der Waals surface area contributed by atoms with Crippen LogP contribution in [0.25, 0.3) is 5.69 Å². The van der Waals surface area contributed by atoms with Crippen molar-refractivity contribution in [3.63, 3.8) is 0 Å². The molecule has 0 radical (unpaired) electrons. The molecule has 7 heteroatoms. The van der Waals surface area contributed by atoms with Gasteiger partial charge in [0.05, 0.1) is 12.0 Å². The van der Waals surface area contributed by atoms with Crippen LogP contribution in [0.3, 0.4) is 0 Å². The van der Waals surface area contributed by atoms with Crippen molar-refractivity contribution >= 4 is 29.9 Å². The van der Waals surface area contributed by atoms with Crippen LogP contribution in [0.5, 0.6) is 0 Å². The normalized spacial score (nSPS) is 12.5. The molecule has 0 saturated carbocycles. The monoisotopic (exact) mass is 498 g/mol. The lowest BCUT2D eigenvalue weighted by Gasteiger charge is -2.21. The van der Waals surface area contributed by atoms with Gasteiger partial charge < -0.3 is 20.1 Å². The summed E-state index contributed by atoms with van der Waals surface area (Å²) < 4.78 is 2.03. The quantitative estimate of drug-likeness (QED) is 0.298. The molecule has 0 fully saturated rings. The number of aliphatic imine (C=N–C) groups is 1. The molecule has 2 aromatic rings. The molecule has 0 aliphatic rings. The number of rotatable bonds is 10. The molecule has 0 spiro atoms. The van der Waals surface area contributed by atoms with Crippen LogP contribution in [-0.2, 0) is 6.54 Å². The standard InChI is InChI=1S/C21H34N6.HI/c1-5-26(6-2)14-9-10-18(3)25-21(22-4)24-16-19-11-7-8-12-20(19)27-15-13-23-17-27;/h7-8,11-13,15,17-18H,5-6,9-10,14,16H2,1-4H3,(H2,22,24,25);1H. The van der Waals surface area contributed by atoms with Gasteiger partial charge in [-0.3, -0.25) is 4.99 Å². The van der Waals surface area contributed by atoms with Crippen LogP contribution in [0.2, 0.25) is 0 Å². The summed E-state index contributed by atoms with van der Waals surface area (Å²) in [6.45, 7) is 10.8. The minimum absolute atomic E-state index is 0. The number of nitrogens with one attached hydrogen (secondary N) is 2. The second-order valence-corrected chi connectivity index (χ2v) is 6.74. The van der Waals surface area contributed by atoms with Gasteiger partial charge >= 0.3 is 0 Å². The molecule has 1 aromatic heterocycles. The van der Waals surface area contributed by atoms with Gasteiger partial charge in [-0.25, -0.2) is 4.98 Å². The first kappa shape index (κ1) is 24.4. The van der Waals surface area contributed by atoms with Gasteiger partial charge in [-0.2, -0.15) is 0 Å². The highest BCUT2D eigenvalue weighted by atomic mass is 127. The fraction of sp³-hybridized carbons (Fsp3) is 0.524. The predicted octanol–water partition coefficient (Wildman–Crippen LogP) is 3.67. The number of hydrogen-bond donors (Lipinski definition) is 2. The fourth-order valence-corrected chi connectivity index (χ4v) is 3.15. The molecule has 1 unspecified atom stereocenters. The highest BCUT2D eigenvalue weighted by Gasteiger charge is 2.08. The van der Waals surface area contributed by atoms with E-state index in [1.807, 2.05) is 30.2 Å². The van der Waals surface area contributed by atoms with Crippen LogP contribution in [0, 0.1) is 0 Å². The van der Waals surface area contributed by atoms with E-state index in [-0.39, 0.29) is 24.0 Å². The Morgan fingerprint density at radius 1 is 1.25 bits per heavy atom. The molecule has 0 aliphatic carbocycles. The van der Waals surface area contributed by atoms with Crippen molar-refractivity contribution in [1.82, 2.24) is 25.1 Å². The lowest BCUT2D eigenvalue weighted by molar-refractivity contribution is 0.292. The van der Waals surface area contributed by atoms with Gasteiger partial charge in [-0.1, -0.05) is 32.0 Å². The number of benzene rings is 1. The number of imidazole rings is 1. The van der Waals surface area contributed by atoms with Crippen LogP contribution in [0.4, 0.5) is 0 Å². The number of halogens is 1. The molecule has 0 amide bonds. The maximum absolute atomic E-state index is 4.38. The Morgan fingerprint density at radius 3 is 2.64 bits per heavy atom. The Labute approximate surface area is 186 Å². The number of nitrogens with zero attached hydrogens (tertiary/aromatic N) is 4. The summed E-state index contributed by atoms with van der Waals surface area (Å²) >= 11 is 0. The molecule has 2 N–H and O–H groups in total. The molecule has 1 aromatic carbocycles. The highest BCUT2D eigenvalue weighted by Crippen LogP contribution is 2.13. The molecule has 6 nitrogen and oxygen atoms in total. The van der Waals surface area contributed by atoms with Crippen molar-refractivity contribution in [3.8, 4) is 5.69 Å². The smallest absolute Gasteiger partial charge is 0.191 e. The Hall–Kier alpha value is -1.61. The molecule has 28 heavy (non-hydrogen) atoms. The third-order valence-electron chi connectivity index (χ3n) is 4.83. The van der Waals surface area contributed by atoms with E-state index in [0.717, 1.165) is 37.7 Å². The van der Waals surface area contributed by atoms with Crippen LogP contribution in [0.15, 0.2) is 48.0 Å². The lowest BCUT2D eigenvalue weighted by Crippen LogP contribution is -2.42. The number of para-hydroxylation sites is 1. The van der Waals surface area contributed by atoms with Crippen molar-refractivity contribution < 1.29 is 0 Å². The molecular formula is C21H35IN6. The van der Waals surface area contributed by atoms with Crippen LogP contribution in [0.1, 0.15) is 39.2 Å². The van der Waals surface area contributed by atoms with E-state index >= 15 is 0 Å². The van der Waals surface area contributed by atoms with E-state index in [4.69, 9.17) is 0 Å². The summed E-state index contributed by atoms with van der Waals surface area (Å²) in [5.41, 5.74) is 2.33. The van der Waals surface area contributed by atoms with E-state index in [1.54, 1.807) is 6.20 Å². The topological polar surface area (TPSA) is 57.5 Å². The van der Waals surface area contributed by atoms with Gasteiger partial charge in [0, 0.05) is 32.0 Å². The van der Waals surface area contributed by atoms with Gasteiger partial charge in [0.25, 0.3) is 0 Å². The zero-order valence-electron chi connectivity index (χ0n) is 17.6. The zero-order valence-corrected chi connectivity index (χ0v) is 19.9. The maximum atomic E-state index is 4.38. The Balaban J connectivity index is 0.00000392. The molecular weight excluding hydrogens is 463 g/mol. The zero-order chi connectivity index (χ0) is 19.5. The molecule has 0 bridgehead atoms. The third kappa shape index (κ3) is 7.79. The van der Waals surface area contributed by atoms with Gasteiger partial charge in [-0.15, -0.1) is 24.0 Å². The molecule has 156 valence electrons. The van der Waals surface area contributed by atoms with Crippen molar-refractivity contribution in [2.75, 3.05) is 26.7 Å². The van der Waals surface area contributed by atoms with Gasteiger partial charge in [0.15, 0.2) is 5.96 Å². The largest absolute Gasteiger partial charge is 0.354 e. The van der Waals surface area contributed by atoms with Crippen LogP contribution in [-0.4, -0.2) is 53.1 Å². The second kappa shape index (κ2) is 13.5. The molecule has 1 heterocycles. The van der Waals surface area contributed by atoms with Gasteiger partial charge in [0.2, 0.25) is 0 Å². The van der Waals surface area contributed by atoms with E-state index in [0.29, 0.717) is 12.6 Å². The first-order valence-electron chi connectivity index (χ1n) is 9.93. The summed E-state index contributed by atoms with van der Waals surface area (Å²) in [7, 11) is 1.82. The first-order valence-corrected chi connectivity index (χ1v) is 9.93. The van der Waals surface area contributed by atoms with E-state index < -0.39 is 0 Å². The van der Waals surface area contributed by atoms with Gasteiger partial charge in [-0.05, 0) is 51.0 Å². The highest BCUT2D eigenvalue weighted by molar-refractivity contribution is 14.0. The second-order valence-electron chi connectivity index (χ2n) is 6.74. The van der Waals surface area contributed by atoms with Gasteiger partial charge in [0.1, 0.15) is 0 Å². The average molecular weight is 498 g/mol. The summed E-state index contributed by atoms with van der Waals surface area (Å²) in [6.07, 6.45) is 7.90. The van der Waals surface area contributed by atoms with E-state index in [1.165, 1.54) is 12.0 Å². The summed E-state index contributed by atoms with van der Waals surface area (Å²) in [4.78, 5) is 11.0. The maximum Gasteiger partial charge on any atom is 0.191 e. The van der Waals surface area contributed by atoms with E-state index in [2.05, 4.69) is 64.5 Å². The van der Waals surface area contributed by atoms with E-state index in [9.17, 15) is 0 Å². The Bertz CT molecular complexity index is 682. The fourth-order valence-electron chi connectivity index (χ4n) is 3.15. The minimum Gasteiger partial charge on any atom is -0.354 e. The Kier molecular flexibility index (Phi) is 11.8. The number of guanidine groups is 1. The van der Waals surface area contributed by atoms with Crippen LogP contribution >= 0.6 is 24.0 Å². The molecule has 1 atom stereocenters. The molecule has 0 saturated heterocycles. The Morgan fingerprint density at radius 2 is 2.00 bits per heavy atom.